The second-order valence-electron chi connectivity index (χ2n) is 5.41. The molecule has 1 aromatic rings. The zero-order chi connectivity index (χ0) is 14.9. The molecule has 2 unspecified atom stereocenters. The summed E-state index contributed by atoms with van der Waals surface area (Å²) in [5, 5.41) is 13.0. The third kappa shape index (κ3) is 6.52. The van der Waals surface area contributed by atoms with E-state index >= 15 is 0 Å². The fourth-order valence-electron chi connectivity index (χ4n) is 2.32. The minimum atomic E-state index is -0.514. The van der Waals surface area contributed by atoms with Crippen LogP contribution in [-0.4, -0.2) is 50.2 Å². The molecule has 1 heterocycles. The van der Waals surface area contributed by atoms with Crippen molar-refractivity contribution in [3.8, 4) is 0 Å². The molecule has 21 heavy (non-hydrogen) atoms. The van der Waals surface area contributed by atoms with Gasteiger partial charge in [-0.15, -0.1) is 0 Å². The highest BCUT2D eigenvalue weighted by molar-refractivity contribution is 5.16. The summed E-state index contributed by atoms with van der Waals surface area (Å²) in [6.45, 7) is 2.94. The van der Waals surface area contributed by atoms with Gasteiger partial charge >= 0.3 is 0 Å². The van der Waals surface area contributed by atoms with Crippen molar-refractivity contribution in [3.05, 3.63) is 35.6 Å². The fraction of sp³-hybridized carbons (Fsp3) is 0.625. The molecular formula is C16H24FNO3. The van der Waals surface area contributed by atoms with Crippen molar-refractivity contribution in [2.75, 3.05) is 32.9 Å². The number of rotatable bonds is 9. The zero-order valence-corrected chi connectivity index (χ0v) is 12.3. The lowest BCUT2D eigenvalue weighted by atomic mass is 10.1. The third-order valence-electron chi connectivity index (χ3n) is 3.52. The van der Waals surface area contributed by atoms with Crippen LogP contribution in [-0.2, 0) is 15.9 Å². The van der Waals surface area contributed by atoms with Crippen molar-refractivity contribution in [1.82, 2.24) is 5.32 Å². The van der Waals surface area contributed by atoms with Crippen LogP contribution in [0.1, 0.15) is 18.4 Å². The second kappa shape index (κ2) is 9.10. The van der Waals surface area contributed by atoms with Crippen LogP contribution in [0, 0.1) is 5.82 Å². The van der Waals surface area contributed by atoms with Crippen LogP contribution >= 0.6 is 0 Å². The first-order valence-corrected chi connectivity index (χ1v) is 7.56. The Morgan fingerprint density at radius 1 is 1.38 bits per heavy atom. The monoisotopic (exact) mass is 297 g/mol. The first kappa shape index (κ1) is 16.4. The van der Waals surface area contributed by atoms with Crippen molar-refractivity contribution >= 4 is 0 Å². The molecule has 4 nitrogen and oxygen atoms in total. The molecule has 0 spiro atoms. The number of nitrogens with one attached hydrogen (secondary N) is 1. The van der Waals surface area contributed by atoms with Gasteiger partial charge in [0.15, 0.2) is 0 Å². The molecule has 2 rings (SSSR count). The molecule has 0 amide bonds. The molecule has 2 N–H and O–H groups in total. The molecule has 0 bridgehead atoms. The van der Waals surface area contributed by atoms with Crippen LogP contribution in [0.5, 0.6) is 0 Å². The van der Waals surface area contributed by atoms with Crippen LogP contribution in [0.25, 0.3) is 0 Å². The van der Waals surface area contributed by atoms with Gasteiger partial charge < -0.3 is 19.9 Å². The summed E-state index contributed by atoms with van der Waals surface area (Å²) in [6, 6.07) is 6.47. The molecule has 0 radical (unpaired) electrons. The Balaban J connectivity index is 1.48. The van der Waals surface area contributed by atoms with E-state index in [0.717, 1.165) is 38.0 Å². The van der Waals surface area contributed by atoms with Gasteiger partial charge in [-0.25, -0.2) is 4.39 Å². The van der Waals surface area contributed by atoms with Gasteiger partial charge in [-0.3, -0.25) is 0 Å². The standard InChI is InChI=1S/C16H24FNO3/c17-14-5-3-13(4-6-14)7-8-18-10-15(19)11-20-12-16-2-1-9-21-16/h3-6,15-16,18-19H,1-2,7-12H2. The number of benzene rings is 1. The quantitative estimate of drug-likeness (QED) is 0.679. The van der Waals surface area contributed by atoms with Gasteiger partial charge in [-0.2, -0.15) is 0 Å². The van der Waals surface area contributed by atoms with E-state index in [9.17, 15) is 9.50 Å². The molecule has 0 saturated carbocycles. The van der Waals surface area contributed by atoms with Crippen molar-refractivity contribution in [3.63, 3.8) is 0 Å². The molecular weight excluding hydrogens is 273 g/mol. The van der Waals surface area contributed by atoms with Gasteiger partial charge in [-0.1, -0.05) is 12.1 Å². The number of hydrogen-bond acceptors (Lipinski definition) is 4. The molecule has 0 aliphatic carbocycles. The summed E-state index contributed by atoms with van der Waals surface area (Å²) >= 11 is 0. The minimum Gasteiger partial charge on any atom is -0.389 e. The van der Waals surface area contributed by atoms with E-state index in [2.05, 4.69) is 5.32 Å². The van der Waals surface area contributed by atoms with Crippen molar-refractivity contribution in [2.24, 2.45) is 0 Å². The molecule has 2 atom stereocenters. The van der Waals surface area contributed by atoms with Gasteiger partial charge in [0.1, 0.15) is 5.82 Å². The minimum absolute atomic E-state index is 0.198. The maximum absolute atomic E-state index is 12.7. The Hall–Kier alpha value is -1.01. The SMILES string of the molecule is OC(CNCCc1ccc(F)cc1)COCC1CCCO1. The van der Waals surface area contributed by atoms with Gasteiger partial charge in [0, 0.05) is 13.2 Å². The maximum atomic E-state index is 12.7. The average molecular weight is 297 g/mol. The Morgan fingerprint density at radius 3 is 2.90 bits per heavy atom. The molecule has 118 valence electrons. The Labute approximate surface area is 125 Å². The first-order chi connectivity index (χ1) is 10.2. The van der Waals surface area contributed by atoms with E-state index in [-0.39, 0.29) is 11.9 Å². The van der Waals surface area contributed by atoms with Crippen LogP contribution in [0.3, 0.4) is 0 Å². The molecule has 1 aliphatic rings. The molecule has 0 aromatic heterocycles. The summed E-state index contributed by atoms with van der Waals surface area (Å²) in [5.41, 5.74) is 1.08. The van der Waals surface area contributed by atoms with E-state index in [1.165, 1.54) is 12.1 Å². The van der Waals surface area contributed by atoms with Crippen LogP contribution < -0.4 is 5.32 Å². The molecule has 1 fully saturated rings. The smallest absolute Gasteiger partial charge is 0.123 e. The normalized spacial score (nSPS) is 19.8. The molecule has 1 aromatic carbocycles. The van der Waals surface area contributed by atoms with E-state index in [1.54, 1.807) is 12.1 Å². The van der Waals surface area contributed by atoms with Crippen molar-refractivity contribution < 1.29 is 19.0 Å². The highest BCUT2D eigenvalue weighted by Gasteiger charge is 2.15. The summed E-state index contributed by atoms with van der Waals surface area (Å²) < 4.78 is 23.6. The van der Waals surface area contributed by atoms with Crippen LogP contribution in [0.4, 0.5) is 4.39 Å². The zero-order valence-electron chi connectivity index (χ0n) is 12.3. The number of aliphatic hydroxyl groups excluding tert-OH is 1. The van der Waals surface area contributed by atoms with E-state index in [0.29, 0.717) is 19.8 Å². The topological polar surface area (TPSA) is 50.7 Å². The molecule has 1 aliphatic heterocycles. The Bertz CT molecular complexity index is 393. The van der Waals surface area contributed by atoms with Crippen LogP contribution in [0.2, 0.25) is 0 Å². The number of hydrogen-bond donors (Lipinski definition) is 2. The van der Waals surface area contributed by atoms with E-state index in [4.69, 9.17) is 9.47 Å². The number of ether oxygens (including phenoxy) is 2. The van der Waals surface area contributed by atoms with Crippen LogP contribution in [0.15, 0.2) is 24.3 Å². The maximum Gasteiger partial charge on any atom is 0.123 e. The highest BCUT2D eigenvalue weighted by Crippen LogP contribution is 2.11. The number of halogens is 1. The van der Waals surface area contributed by atoms with Crippen molar-refractivity contribution in [1.29, 1.82) is 0 Å². The lowest BCUT2D eigenvalue weighted by molar-refractivity contribution is -0.0163. The Kier molecular flexibility index (Phi) is 7.09. The summed E-state index contributed by atoms with van der Waals surface area (Å²) in [7, 11) is 0. The average Bonchev–Trinajstić information content (AvgIpc) is 2.99. The fourth-order valence-corrected chi connectivity index (χ4v) is 2.32. The van der Waals surface area contributed by atoms with Gasteiger partial charge in [0.25, 0.3) is 0 Å². The predicted octanol–water partition coefficient (Wildman–Crippen LogP) is 1.51. The third-order valence-corrected chi connectivity index (χ3v) is 3.52. The van der Waals surface area contributed by atoms with Crippen molar-refractivity contribution in [2.45, 2.75) is 31.5 Å². The highest BCUT2D eigenvalue weighted by atomic mass is 19.1. The van der Waals surface area contributed by atoms with E-state index in [1.807, 2.05) is 0 Å². The summed E-state index contributed by atoms with van der Waals surface area (Å²) in [6.07, 6.45) is 2.64. The lowest BCUT2D eigenvalue weighted by Crippen LogP contribution is -2.32. The second-order valence-corrected chi connectivity index (χ2v) is 5.41. The number of aliphatic hydroxyl groups is 1. The molecule has 5 heteroatoms. The van der Waals surface area contributed by atoms with E-state index < -0.39 is 6.10 Å². The van der Waals surface area contributed by atoms with Gasteiger partial charge in [0.2, 0.25) is 0 Å². The molecule has 1 saturated heterocycles. The summed E-state index contributed by atoms with van der Waals surface area (Å²) in [4.78, 5) is 0. The first-order valence-electron chi connectivity index (χ1n) is 7.56. The largest absolute Gasteiger partial charge is 0.389 e. The summed E-state index contributed by atoms with van der Waals surface area (Å²) in [5.74, 6) is -0.217. The van der Waals surface area contributed by atoms with Gasteiger partial charge in [0.05, 0.1) is 25.4 Å². The Morgan fingerprint density at radius 2 is 2.19 bits per heavy atom. The lowest BCUT2D eigenvalue weighted by Gasteiger charge is -2.14. The van der Waals surface area contributed by atoms with Gasteiger partial charge in [-0.05, 0) is 43.5 Å². The predicted molar refractivity (Wildman–Crippen MR) is 78.8 cm³/mol.